The van der Waals surface area contributed by atoms with Crippen LogP contribution in [0.1, 0.15) is 12.2 Å². The number of aryl methyl sites for hydroxylation is 1. The third kappa shape index (κ3) is 3.88. The number of furan rings is 1. The number of hydrogen-bond donors (Lipinski definition) is 0. The minimum absolute atomic E-state index is 0.323. The van der Waals surface area contributed by atoms with Crippen LogP contribution in [0, 0.1) is 5.92 Å². The maximum Gasteiger partial charge on any atom is 0.290 e. The highest BCUT2D eigenvalue weighted by Gasteiger charge is 2.06. The topological polar surface area (TPSA) is 22.4 Å². The highest BCUT2D eigenvalue weighted by atomic mass is 16.6. The average Bonchev–Trinajstić information content (AvgIpc) is 2.89. The van der Waals surface area contributed by atoms with E-state index in [0.717, 1.165) is 24.4 Å². The Bertz CT molecular complexity index is 517. The molecule has 0 radical (unpaired) electrons. The maximum atomic E-state index is 5.64. The van der Waals surface area contributed by atoms with Crippen LogP contribution in [0.25, 0.3) is 0 Å². The number of ether oxygens (including phenoxy) is 1. The molecule has 1 aromatic carbocycles. The fourth-order valence-corrected chi connectivity index (χ4v) is 1.79. The summed E-state index contributed by atoms with van der Waals surface area (Å²) in [6.07, 6.45) is 5.60. The lowest BCUT2D eigenvalue weighted by Crippen LogP contribution is -1.93. The zero-order chi connectivity index (χ0) is 13.5. The van der Waals surface area contributed by atoms with Gasteiger partial charge in [0.25, 0.3) is 5.95 Å². The van der Waals surface area contributed by atoms with Crippen LogP contribution in [-0.4, -0.2) is 0 Å². The lowest BCUT2D eigenvalue weighted by Gasteiger charge is -2.04. The first-order chi connectivity index (χ1) is 9.31. The fraction of sp³-hybridized carbons (Fsp3) is 0.176. The van der Waals surface area contributed by atoms with E-state index in [9.17, 15) is 0 Å². The first kappa shape index (κ1) is 13.2. The van der Waals surface area contributed by atoms with Crippen LogP contribution in [-0.2, 0) is 6.42 Å². The van der Waals surface area contributed by atoms with E-state index in [1.807, 2.05) is 54.6 Å². The Morgan fingerprint density at radius 3 is 2.47 bits per heavy atom. The molecule has 2 aromatic rings. The normalized spacial score (nSPS) is 10.4. The molecular formula is C17H18O2. The van der Waals surface area contributed by atoms with Crippen molar-refractivity contribution in [3.63, 3.8) is 0 Å². The van der Waals surface area contributed by atoms with Crippen molar-refractivity contribution >= 4 is 0 Å². The summed E-state index contributed by atoms with van der Waals surface area (Å²) in [4.78, 5) is 0. The van der Waals surface area contributed by atoms with Crippen molar-refractivity contribution in [2.24, 2.45) is 5.92 Å². The van der Waals surface area contributed by atoms with Gasteiger partial charge < -0.3 is 9.15 Å². The smallest absolute Gasteiger partial charge is 0.290 e. The Morgan fingerprint density at radius 2 is 1.79 bits per heavy atom. The molecular weight excluding hydrogens is 236 g/mol. The molecule has 2 rings (SSSR count). The molecule has 1 aromatic heterocycles. The molecule has 0 fully saturated rings. The predicted molar refractivity (Wildman–Crippen MR) is 77.4 cm³/mol. The van der Waals surface area contributed by atoms with Gasteiger partial charge in [0.2, 0.25) is 0 Å². The van der Waals surface area contributed by atoms with Gasteiger partial charge >= 0.3 is 0 Å². The summed E-state index contributed by atoms with van der Waals surface area (Å²) in [6, 6.07) is 13.4. The molecule has 0 aliphatic heterocycles. The van der Waals surface area contributed by atoms with Crippen molar-refractivity contribution in [3.05, 3.63) is 73.5 Å². The van der Waals surface area contributed by atoms with Crippen molar-refractivity contribution in [3.8, 4) is 11.7 Å². The summed E-state index contributed by atoms with van der Waals surface area (Å²) >= 11 is 0. The lowest BCUT2D eigenvalue weighted by molar-refractivity contribution is 0.330. The molecule has 0 bridgehead atoms. The van der Waals surface area contributed by atoms with Gasteiger partial charge in [-0.2, -0.15) is 0 Å². The van der Waals surface area contributed by atoms with Gasteiger partial charge in [-0.3, -0.25) is 0 Å². The molecule has 0 amide bonds. The summed E-state index contributed by atoms with van der Waals surface area (Å²) in [5.74, 6) is 2.54. The Kier molecular flexibility index (Phi) is 4.62. The molecule has 1 heterocycles. The molecule has 0 unspecified atom stereocenters. The third-order valence-corrected chi connectivity index (χ3v) is 2.93. The minimum atomic E-state index is 0.323. The maximum absolute atomic E-state index is 5.64. The van der Waals surface area contributed by atoms with Crippen molar-refractivity contribution in [2.75, 3.05) is 0 Å². The predicted octanol–water partition coefficient (Wildman–Crippen LogP) is 4.99. The molecule has 0 atom stereocenters. The molecule has 0 spiro atoms. The second kappa shape index (κ2) is 6.64. The van der Waals surface area contributed by atoms with Gasteiger partial charge in [-0.25, -0.2) is 0 Å². The summed E-state index contributed by atoms with van der Waals surface area (Å²) in [7, 11) is 0. The fourth-order valence-electron chi connectivity index (χ4n) is 1.79. The van der Waals surface area contributed by atoms with Crippen LogP contribution in [0.5, 0.6) is 11.7 Å². The number of para-hydroxylation sites is 1. The van der Waals surface area contributed by atoms with Crippen molar-refractivity contribution < 1.29 is 9.15 Å². The van der Waals surface area contributed by atoms with E-state index in [-0.39, 0.29) is 0 Å². The summed E-state index contributed by atoms with van der Waals surface area (Å²) in [6.45, 7) is 7.56. The van der Waals surface area contributed by atoms with Crippen LogP contribution in [0.2, 0.25) is 0 Å². The van der Waals surface area contributed by atoms with Gasteiger partial charge in [0.05, 0.1) is 0 Å². The summed E-state index contributed by atoms with van der Waals surface area (Å²) < 4.78 is 11.2. The first-order valence-electron chi connectivity index (χ1n) is 6.38. The molecule has 2 heteroatoms. The van der Waals surface area contributed by atoms with E-state index in [2.05, 4.69) is 13.2 Å². The van der Waals surface area contributed by atoms with Gasteiger partial charge in [-0.15, -0.1) is 13.2 Å². The van der Waals surface area contributed by atoms with Gasteiger partial charge in [-0.05, 0) is 30.5 Å². The quantitative estimate of drug-likeness (QED) is 0.649. The zero-order valence-electron chi connectivity index (χ0n) is 10.9. The van der Waals surface area contributed by atoms with Gasteiger partial charge in [-0.1, -0.05) is 30.4 Å². The monoisotopic (exact) mass is 254 g/mol. The van der Waals surface area contributed by atoms with Gasteiger partial charge in [0.15, 0.2) is 0 Å². The molecule has 0 N–H and O–H groups in total. The Morgan fingerprint density at radius 1 is 1.05 bits per heavy atom. The highest BCUT2D eigenvalue weighted by molar-refractivity contribution is 5.26. The molecule has 0 aliphatic carbocycles. The molecule has 2 nitrogen and oxygen atoms in total. The van der Waals surface area contributed by atoms with Crippen molar-refractivity contribution in [1.82, 2.24) is 0 Å². The molecule has 0 aliphatic rings. The number of benzene rings is 1. The largest absolute Gasteiger partial charge is 0.431 e. The Hall–Kier alpha value is -2.22. The van der Waals surface area contributed by atoms with E-state index >= 15 is 0 Å². The SMILES string of the molecule is C=CC(C=C)CCc1ccc(Oc2ccccc2)o1. The standard InChI is InChI=1S/C17H18O2/c1-3-14(4-2)10-11-16-12-13-17(19-16)18-15-8-6-5-7-9-15/h3-9,12-14H,1-2,10-11H2. The Labute approximate surface area is 114 Å². The molecule has 19 heavy (non-hydrogen) atoms. The van der Waals surface area contributed by atoms with E-state index < -0.39 is 0 Å². The second-order valence-corrected chi connectivity index (χ2v) is 4.31. The van der Waals surface area contributed by atoms with Crippen LogP contribution in [0.15, 0.2) is 72.2 Å². The van der Waals surface area contributed by atoms with E-state index in [0.29, 0.717) is 11.9 Å². The van der Waals surface area contributed by atoms with Gasteiger partial charge in [0, 0.05) is 12.5 Å². The zero-order valence-corrected chi connectivity index (χ0v) is 10.9. The molecule has 98 valence electrons. The summed E-state index contributed by atoms with van der Waals surface area (Å²) in [5.41, 5.74) is 0. The molecule has 0 saturated heterocycles. The highest BCUT2D eigenvalue weighted by Crippen LogP contribution is 2.24. The van der Waals surface area contributed by atoms with Crippen LogP contribution in [0.3, 0.4) is 0 Å². The van der Waals surface area contributed by atoms with E-state index in [1.54, 1.807) is 0 Å². The minimum Gasteiger partial charge on any atom is -0.431 e. The average molecular weight is 254 g/mol. The van der Waals surface area contributed by atoms with E-state index in [4.69, 9.17) is 9.15 Å². The Balaban J connectivity index is 1.92. The number of allylic oxidation sites excluding steroid dienone is 2. The van der Waals surface area contributed by atoms with Crippen LogP contribution < -0.4 is 4.74 Å². The molecule has 0 saturated carbocycles. The van der Waals surface area contributed by atoms with Crippen molar-refractivity contribution in [2.45, 2.75) is 12.8 Å². The van der Waals surface area contributed by atoms with Gasteiger partial charge in [0.1, 0.15) is 11.5 Å². The number of hydrogen-bond acceptors (Lipinski definition) is 2. The van der Waals surface area contributed by atoms with Crippen LogP contribution >= 0.6 is 0 Å². The third-order valence-electron chi connectivity index (χ3n) is 2.93. The van der Waals surface area contributed by atoms with Crippen molar-refractivity contribution in [1.29, 1.82) is 0 Å². The van der Waals surface area contributed by atoms with Crippen LogP contribution in [0.4, 0.5) is 0 Å². The number of rotatable bonds is 7. The lowest BCUT2D eigenvalue weighted by atomic mass is 10.0. The summed E-state index contributed by atoms with van der Waals surface area (Å²) in [5, 5.41) is 0. The first-order valence-corrected chi connectivity index (χ1v) is 6.38. The second-order valence-electron chi connectivity index (χ2n) is 4.31. The van der Waals surface area contributed by atoms with E-state index in [1.165, 1.54) is 0 Å².